The van der Waals surface area contributed by atoms with Gasteiger partial charge in [-0.1, -0.05) is 78.5 Å². The molecule has 3 aromatic carbocycles. The lowest BCUT2D eigenvalue weighted by molar-refractivity contribution is -0.140. The van der Waals surface area contributed by atoms with Gasteiger partial charge < -0.3 is 10.2 Å². The predicted molar refractivity (Wildman–Crippen MR) is 160 cm³/mol. The van der Waals surface area contributed by atoms with Crippen LogP contribution in [0.5, 0.6) is 0 Å². The number of hydrogen-bond donors (Lipinski definition) is 1. The number of anilines is 1. The summed E-state index contributed by atoms with van der Waals surface area (Å²) in [5, 5.41) is 3.81. The molecule has 0 aromatic heterocycles. The number of nitrogens with one attached hydrogen (secondary N) is 1. The maximum absolute atomic E-state index is 14.1. The molecule has 2 amide bonds. The maximum Gasteiger partial charge on any atom is 0.244 e. The zero-order chi connectivity index (χ0) is 29.6. The number of rotatable bonds is 11. The zero-order valence-corrected chi connectivity index (χ0v) is 24.9. The molecule has 4 rings (SSSR count). The summed E-state index contributed by atoms with van der Waals surface area (Å²) in [7, 11) is -4.00. The first-order valence-electron chi connectivity index (χ1n) is 13.3. The molecule has 1 unspecified atom stereocenters. The van der Waals surface area contributed by atoms with Gasteiger partial charge in [-0.15, -0.1) is 0 Å². The molecule has 41 heavy (non-hydrogen) atoms. The van der Waals surface area contributed by atoms with E-state index in [0.29, 0.717) is 15.6 Å². The third-order valence-electron chi connectivity index (χ3n) is 7.10. The smallest absolute Gasteiger partial charge is 0.244 e. The van der Waals surface area contributed by atoms with Gasteiger partial charge in [-0.05, 0) is 54.3 Å². The molecule has 0 spiro atoms. The molecule has 1 N–H and O–H groups in total. The first kappa shape index (κ1) is 30.8. The van der Waals surface area contributed by atoms with Crippen LogP contribution in [-0.4, -0.2) is 50.0 Å². The van der Waals surface area contributed by atoms with Crippen LogP contribution in [0.3, 0.4) is 0 Å². The van der Waals surface area contributed by atoms with Gasteiger partial charge in [-0.2, -0.15) is 0 Å². The number of halogens is 3. The van der Waals surface area contributed by atoms with Crippen LogP contribution in [-0.2, 0) is 32.6 Å². The molecule has 1 aliphatic rings. The molecule has 0 bridgehead atoms. The van der Waals surface area contributed by atoms with Crippen molar-refractivity contribution in [2.24, 2.45) is 0 Å². The second kappa shape index (κ2) is 13.7. The summed E-state index contributed by atoms with van der Waals surface area (Å²) in [6, 6.07) is 18.1. The number of amides is 2. The van der Waals surface area contributed by atoms with Crippen LogP contribution in [0, 0.1) is 5.82 Å². The minimum absolute atomic E-state index is 0.000317. The molecular weight excluding hydrogens is 588 g/mol. The van der Waals surface area contributed by atoms with Crippen LogP contribution >= 0.6 is 23.2 Å². The second-order valence-corrected chi connectivity index (χ2v) is 13.0. The number of hydrogen-bond acceptors (Lipinski definition) is 4. The Morgan fingerprint density at radius 3 is 2.34 bits per heavy atom. The van der Waals surface area contributed by atoms with Gasteiger partial charge in [0, 0.05) is 29.1 Å². The van der Waals surface area contributed by atoms with Crippen LogP contribution in [0.1, 0.15) is 36.8 Å². The molecule has 0 saturated heterocycles. The molecule has 11 heteroatoms. The van der Waals surface area contributed by atoms with E-state index >= 15 is 0 Å². The Bertz CT molecular complexity index is 1480. The van der Waals surface area contributed by atoms with Crippen molar-refractivity contribution >= 4 is 50.7 Å². The van der Waals surface area contributed by atoms with Gasteiger partial charge in [0.2, 0.25) is 21.8 Å². The van der Waals surface area contributed by atoms with Gasteiger partial charge >= 0.3 is 0 Å². The monoisotopic (exact) mass is 619 g/mol. The van der Waals surface area contributed by atoms with E-state index < -0.39 is 34.3 Å². The average molecular weight is 621 g/mol. The van der Waals surface area contributed by atoms with E-state index in [9.17, 15) is 22.4 Å². The van der Waals surface area contributed by atoms with Gasteiger partial charge in [-0.3, -0.25) is 13.9 Å². The number of carbonyl (C=O) groups excluding carboxylic acids is 2. The number of benzene rings is 3. The molecule has 3 aromatic rings. The lowest BCUT2D eigenvalue weighted by Crippen LogP contribution is -2.54. The normalized spacial score (nSPS) is 14.4. The molecule has 1 fully saturated rings. The highest BCUT2D eigenvalue weighted by Crippen LogP contribution is 2.26. The second-order valence-electron chi connectivity index (χ2n) is 10.2. The van der Waals surface area contributed by atoms with Crippen LogP contribution in [0.2, 0.25) is 10.0 Å². The average Bonchev–Trinajstić information content (AvgIpc) is 3.43. The van der Waals surface area contributed by atoms with E-state index in [2.05, 4.69) is 5.32 Å². The van der Waals surface area contributed by atoms with Crippen LogP contribution < -0.4 is 9.62 Å². The molecule has 7 nitrogen and oxygen atoms in total. The number of carbonyl (C=O) groups is 2. The van der Waals surface area contributed by atoms with E-state index in [1.807, 2.05) is 30.3 Å². The Labute approximate surface area is 250 Å². The van der Waals surface area contributed by atoms with Crippen molar-refractivity contribution < 1.29 is 22.4 Å². The molecule has 1 atom stereocenters. The first-order chi connectivity index (χ1) is 19.5. The summed E-state index contributed by atoms with van der Waals surface area (Å²) in [5.74, 6) is -1.63. The molecular formula is C30H32Cl2FN3O4S. The molecule has 1 aliphatic carbocycles. The van der Waals surface area contributed by atoms with E-state index in [1.165, 1.54) is 23.1 Å². The van der Waals surface area contributed by atoms with Crippen molar-refractivity contribution in [1.82, 2.24) is 10.2 Å². The third kappa shape index (κ3) is 8.44. The highest BCUT2D eigenvalue weighted by atomic mass is 35.5. The Hall–Kier alpha value is -3.14. The van der Waals surface area contributed by atoms with Crippen LogP contribution in [0.15, 0.2) is 72.8 Å². The highest BCUT2D eigenvalue weighted by molar-refractivity contribution is 7.92. The van der Waals surface area contributed by atoms with Crippen molar-refractivity contribution in [3.8, 4) is 0 Å². The topological polar surface area (TPSA) is 86.8 Å². The Balaban J connectivity index is 1.74. The Morgan fingerprint density at radius 2 is 1.71 bits per heavy atom. The summed E-state index contributed by atoms with van der Waals surface area (Å²) in [5.41, 5.74) is 1.36. The maximum atomic E-state index is 14.1. The van der Waals surface area contributed by atoms with E-state index in [0.717, 1.165) is 47.9 Å². The van der Waals surface area contributed by atoms with E-state index in [1.54, 1.807) is 18.2 Å². The summed E-state index contributed by atoms with van der Waals surface area (Å²) < 4.78 is 40.5. The number of sulfonamides is 1. The van der Waals surface area contributed by atoms with Crippen molar-refractivity contribution in [1.29, 1.82) is 0 Å². The molecule has 218 valence electrons. The lowest BCUT2D eigenvalue weighted by atomic mass is 10.0. The fourth-order valence-corrected chi connectivity index (χ4v) is 6.31. The Morgan fingerprint density at radius 1 is 1.00 bits per heavy atom. The van der Waals surface area contributed by atoms with Crippen molar-refractivity contribution in [2.75, 3.05) is 17.1 Å². The highest BCUT2D eigenvalue weighted by Gasteiger charge is 2.34. The summed E-state index contributed by atoms with van der Waals surface area (Å²) in [6.45, 7) is -0.722. The third-order valence-corrected chi connectivity index (χ3v) is 8.83. The number of nitrogens with zero attached hydrogens (tertiary/aromatic N) is 2. The van der Waals surface area contributed by atoms with Crippen LogP contribution in [0.25, 0.3) is 0 Å². The van der Waals surface area contributed by atoms with Crippen molar-refractivity contribution in [3.63, 3.8) is 0 Å². The summed E-state index contributed by atoms with van der Waals surface area (Å²) in [6.07, 6.45) is 4.85. The predicted octanol–water partition coefficient (Wildman–Crippen LogP) is 5.60. The van der Waals surface area contributed by atoms with Gasteiger partial charge in [0.15, 0.2) is 0 Å². The molecule has 1 saturated carbocycles. The van der Waals surface area contributed by atoms with E-state index in [-0.39, 0.29) is 30.6 Å². The van der Waals surface area contributed by atoms with Gasteiger partial charge in [-0.25, -0.2) is 12.8 Å². The van der Waals surface area contributed by atoms with Crippen molar-refractivity contribution in [3.05, 3.63) is 99.8 Å². The fourth-order valence-electron chi connectivity index (χ4n) is 5.00. The largest absolute Gasteiger partial charge is 0.352 e. The SMILES string of the molecule is CS(=O)(=O)N(CC(=O)N(Cc1ccc(Cl)cc1Cl)C(Cc1ccccc1)C(=O)NC1CCCC1)c1cccc(F)c1. The molecule has 0 heterocycles. The molecule has 0 radical (unpaired) electrons. The first-order valence-corrected chi connectivity index (χ1v) is 15.9. The van der Waals surface area contributed by atoms with Gasteiger partial charge in [0.1, 0.15) is 18.4 Å². The van der Waals surface area contributed by atoms with Crippen molar-refractivity contribution in [2.45, 2.75) is 50.7 Å². The van der Waals surface area contributed by atoms with E-state index in [4.69, 9.17) is 23.2 Å². The fraction of sp³-hybridized carbons (Fsp3) is 0.333. The standard InChI is InChI=1S/C30H32Cl2FN3O4S/c1-41(39,40)36(26-13-7-10-24(33)18-26)20-29(37)35(19-22-14-15-23(31)17-27(22)32)28(16-21-8-3-2-4-9-21)30(38)34-25-11-5-6-12-25/h2-4,7-10,13-15,17-18,25,28H,5-6,11-12,16,19-20H2,1H3,(H,34,38). The van der Waals surface area contributed by atoms with Crippen LogP contribution in [0.4, 0.5) is 10.1 Å². The zero-order valence-electron chi connectivity index (χ0n) is 22.6. The summed E-state index contributed by atoms with van der Waals surface area (Å²) in [4.78, 5) is 29.3. The Kier molecular flexibility index (Phi) is 10.3. The van der Waals surface area contributed by atoms with Gasteiger partial charge in [0.05, 0.1) is 11.9 Å². The quantitative estimate of drug-likeness (QED) is 0.303. The van der Waals surface area contributed by atoms with Gasteiger partial charge in [0.25, 0.3) is 0 Å². The minimum Gasteiger partial charge on any atom is -0.352 e. The molecule has 0 aliphatic heterocycles. The minimum atomic E-state index is -4.00. The lowest BCUT2D eigenvalue weighted by Gasteiger charge is -2.34. The summed E-state index contributed by atoms with van der Waals surface area (Å²) >= 11 is 12.6.